The van der Waals surface area contributed by atoms with Crippen molar-refractivity contribution in [1.82, 2.24) is 4.90 Å². The van der Waals surface area contributed by atoms with Gasteiger partial charge in [0.1, 0.15) is 0 Å². The van der Waals surface area contributed by atoms with E-state index >= 15 is 0 Å². The van der Waals surface area contributed by atoms with Crippen LogP contribution in [-0.2, 0) is 9.53 Å². The molecule has 20 heavy (non-hydrogen) atoms. The minimum atomic E-state index is -0.0935. The van der Waals surface area contributed by atoms with Crippen molar-refractivity contribution >= 4 is 5.97 Å². The molecule has 1 aromatic carbocycles. The fourth-order valence-corrected chi connectivity index (χ4v) is 3.03. The summed E-state index contributed by atoms with van der Waals surface area (Å²) in [5.41, 5.74) is 7.19. The molecule has 4 heteroatoms. The summed E-state index contributed by atoms with van der Waals surface area (Å²) in [5, 5.41) is 0. The highest BCUT2D eigenvalue weighted by Crippen LogP contribution is 2.26. The number of methoxy groups -OCH3 is 1. The Hall–Kier alpha value is -1.39. The van der Waals surface area contributed by atoms with Gasteiger partial charge in [-0.05, 0) is 11.5 Å². The third-order valence-electron chi connectivity index (χ3n) is 4.23. The first-order valence-corrected chi connectivity index (χ1v) is 7.21. The van der Waals surface area contributed by atoms with E-state index in [0.29, 0.717) is 18.4 Å². The average Bonchev–Trinajstić information content (AvgIpc) is 2.85. The molecule has 1 aromatic rings. The molecule has 0 saturated carbocycles. The van der Waals surface area contributed by atoms with Crippen LogP contribution in [0.2, 0.25) is 0 Å². The number of rotatable bonds is 5. The van der Waals surface area contributed by atoms with Crippen LogP contribution in [0.5, 0.6) is 0 Å². The zero-order valence-electron chi connectivity index (χ0n) is 12.3. The normalized spacial score (nSPS) is 24.6. The van der Waals surface area contributed by atoms with E-state index in [1.807, 2.05) is 18.2 Å². The summed E-state index contributed by atoms with van der Waals surface area (Å²) in [6.45, 7) is 5.35. The Morgan fingerprint density at radius 1 is 1.40 bits per heavy atom. The molecule has 0 bridgehead atoms. The lowest BCUT2D eigenvalue weighted by Crippen LogP contribution is -2.31. The van der Waals surface area contributed by atoms with Crippen molar-refractivity contribution in [3.8, 4) is 0 Å². The molecule has 2 rings (SSSR count). The van der Waals surface area contributed by atoms with Gasteiger partial charge in [0.25, 0.3) is 0 Å². The summed E-state index contributed by atoms with van der Waals surface area (Å²) in [6, 6.07) is 10.3. The molecule has 110 valence electrons. The van der Waals surface area contributed by atoms with E-state index in [4.69, 9.17) is 10.5 Å². The van der Waals surface area contributed by atoms with Gasteiger partial charge in [0.2, 0.25) is 0 Å². The predicted octanol–water partition coefficient (Wildman–Crippen LogP) is 1.47. The standard InChI is InChI=1S/C16H24N2O2/c1-12-9-18(11-15(12)16(19)20-2)10-14(8-17)13-6-4-3-5-7-13/h3-7,12,14-15H,8-11,17H2,1-2H3. The fraction of sp³-hybridized carbons (Fsp3) is 0.562. The van der Waals surface area contributed by atoms with Crippen molar-refractivity contribution in [2.75, 3.05) is 33.3 Å². The summed E-state index contributed by atoms with van der Waals surface area (Å²) >= 11 is 0. The fourth-order valence-electron chi connectivity index (χ4n) is 3.03. The Labute approximate surface area is 120 Å². The van der Waals surface area contributed by atoms with Gasteiger partial charge in [-0.3, -0.25) is 4.79 Å². The molecule has 2 N–H and O–H groups in total. The van der Waals surface area contributed by atoms with Crippen LogP contribution < -0.4 is 5.73 Å². The summed E-state index contributed by atoms with van der Waals surface area (Å²) < 4.78 is 4.88. The lowest BCUT2D eigenvalue weighted by atomic mass is 9.99. The van der Waals surface area contributed by atoms with Crippen molar-refractivity contribution in [3.63, 3.8) is 0 Å². The van der Waals surface area contributed by atoms with Crippen molar-refractivity contribution in [3.05, 3.63) is 35.9 Å². The van der Waals surface area contributed by atoms with Gasteiger partial charge in [0, 0.05) is 32.1 Å². The highest BCUT2D eigenvalue weighted by atomic mass is 16.5. The molecular weight excluding hydrogens is 252 g/mol. The molecule has 0 spiro atoms. The van der Waals surface area contributed by atoms with E-state index < -0.39 is 0 Å². The van der Waals surface area contributed by atoms with E-state index in [2.05, 4.69) is 24.0 Å². The van der Waals surface area contributed by atoms with Crippen LogP contribution in [0, 0.1) is 11.8 Å². The predicted molar refractivity (Wildman–Crippen MR) is 79.3 cm³/mol. The monoisotopic (exact) mass is 276 g/mol. The first kappa shape index (κ1) is 15.0. The Balaban J connectivity index is 1.98. The molecule has 0 aliphatic carbocycles. The third kappa shape index (κ3) is 3.38. The van der Waals surface area contributed by atoms with Crippen LogP contribution in [0.3, 0.4) is 0 Å². The number of carbonyl (C=O) groups excluding carboxylic acids is 1. The Morgan fingerprint density at radius 2 is 2.10 bits per heavy atom. The maximum Gasteiger partial charge on any atom is 0.310 e. The number of hydrogen-bond acceptors (Lipinski definition) is 4. The van der Waals surface area contributed by atoms with Crippen LogP contribution in [-0.4, -0.2) is 44.2 Å². The first-order chi connectivity index (χ1) is 9.65. The summed E-state index contributed by atoms with van der Waals surface area (Å²) in [5.74, 6) is 0.564. The van der Waals surface area contributed by atoms with Gasteiger partial charge < -0.3 is 15.4 Å². The second-order valence-corrected chi connectivity index (χ2v) is 5.67. The summed E-state index contributed by atoms with van der Waals surface area (Å²) in [4.78, 5) is 14.1. The van der Waals surface area contributed by atoms with Gasteiger partial charge in [0.05, 0.1) is 13.0 Å². The smallest absolute Gasteiger partial charge is 0.310 e. The second kappa shape index (κ2) is 6.86. The van der Waals surface area contributed by atoms with E-state index in [1.165, 1.54) is 12.7 Å². The number of benzene rings is 1. The Kier molecular flexibility index (Phi) is 5.15. The molecule has 1 heterocycles. The van der Waals surface area contributed by atoms with Gasteiger partial charge in [-0.25, -0.2) is 0 Å². The van der Waals surface area contributed by atoms with E-state index in [1.54, 1.807) is 0 Å². The number of nitrogens with two attached hydrogens (primary N) is 1. The molecule has 1 fully saturated rings. The van der Waals surface area contributed by atoms with Crippen LogP contribution in [0.25, 0.3) is 0 Å². The Bertz CT molecular complexity index is 435. The van der Waals surface area contributed by atoms with Gasteiger partial charge in [-0.1, -0.05) is 37.3 Å². The molecule has 0 aromatic heterocycles. The van der Waals surface area contributed by atoms with Crippen molar-refractivity contribution in [2.45, 2.75) is 12.8 Å². The van der Waals surface area contributed by atoms with Gasteiger partial charge in [0.15, 0.2) is 0 Å². The maximum atomic E-state index is 11.7. The molecular formula is C16H24N2O2. The SMILES string of the molecule is COC(=O)C1CN(CC(CN)c2ccccc2)CC1C. The van der Waals surface area contributed by atoms with Gasteiger partial charge in [-0.2, -0.15) is 0 Å². The quantitative estimate of drug-likeness (QED) is 0.828. The molecule has 0 amide bonds. The van der Waals surface area contributed by atoms with E-state index in [9.17, 15) is 4.79 Å². The number of hydrogen-bond donors (Lipinski definition) is 1. The maximum absolute atomic E-state index is 11.7. The molecule has 1 aliphatic heterocycles. The van der Waals surface area contributed by atoms with Crippen LogP contribution in [0.1, 0.15) is 18.4 Å². The number of carbonyl (C=O) groups is 1. The molecule has 0 radical (unpaired) electrons. The van der Waals surface area contributed by atoms with Crippen molar-refractivity contribution < 1.29 is 9.53 Å². The number of ether oxygens (including phenoxy) is 1. The number of nitrogens with zero attached hydrogens (tertiary/aromatic N) is 1. The number of likely N-dealkylation sites (tertiary alicyclic amines) is 1. The van der Waals surface area contributed by atoms with E-state index in [0.717, 1.165) is 19.6 Å². The van der Waals surface area contributed by atoms with E-state index in [-0.39, 0.29) is 11.9 Å². The lowest BCUT2D eigenvalue weighted by molar-refractivity contribution is -0.146. The minimum absolute atomic E-state index is 0.00537. The van der Waals surface area contributed by atoms with Crippen molar-refractivity contribution in [1.29, 1.82) is 0 Å². The summed E-state index contributed by atoms with van der Waals surface area (Å²) in [6.07, 6.45) is 0. The topological polar surface area (TPSA) is 55.6 Å². The zero-order chi connectivity index (χ0) is 14.5. The van der Waals surface area contributed by atoms with Crippen LogP contribution >= 0.6 is 0 Å². The first-order valence-electron chi connectivity index (χ1n) is 7.21. The summed E-state index contributed by atoms with van der Waals surface area (Å²) in [7, 11) is 1.46. The Morgan fingerprint density at radius 3 is 2.70 bits per heavy atom. The minimum Gasteiger partial charge on any atom is -0.469 e. The van der Waals surface area contributed by atoms with Crippen molar-refractivity contribution in [2.24, 2.45) is 17.6 Å². The van der Waals surface area contributed by atoms with Gasteiger partial charge in [-0.15, -0.1) is 0 Å². The van der Waals surface area contributed by atoms with Crippen LogP contribution in [0.15, 0.2) is 30.3 Å². The molecule has 3 atom stereocenters. The second-order valence-electron chi connectivity index (χ2n) is 5.67. The zero-order valence-corrected chi connectivity index (χ0v) is 12.3. The number of esters is 1. The van der Waals surface area contributed by atoms with Gasteiger partial charge >= 0.3 is 5.97 Å². The molecule has 4 nitrogen and oxygen atoms in total. The molecule has 3 unspecified atom stereocenters. The highest BCUT2D eigenvalue weighted by molar-refractivity contribution is 5.73. The largest absolute Gasteiger partial charge is 0.469 e. The highest BCUT2D eigenvalue weighted by Gasteiger charge is 2.36. The molecule has 1 aliphatic rings. The molecule has 1 saturated heterocycles. The average molecular weight is 276 g/mol. The van der Waals surface area contributed by atoms with Crippen LogP contribution in [0.4, 0.5) is 0 Å². The lowest BCUT2D eigenvalue weighted by Gasteiger charge is -2.23. The third-order valence-corrected chi connectivity index (χ3v) is 4.23.